The first-order chi connectivity index (χ1) is 10.1. The van der Waals surface area contributed by atoms with E-state index in [0.717, 1.165) is 20.2 Å². The van der Waals surface area contributed by atoms with Crippen LogP contribution in [0.5, 0.6) is 0 Å². The lowest BCUT2D eigenvalue weighted by Gasteiger charge is -2.26. The Labute approximate surface area is 121 Å². The smallest absolute Gasteiger partial charge is 0.340 e. The number of ether oxygens (including phenoxy) is 2. The fourth-order valence-electron chi connectivity index (χ4n) is 2.13. The van der Waals surface area contributed by atoms with Crippen molar-refractivity contribution >= 4 is 11.7 Å². The number of nitrogens with zero attached hydrogens (tertiary/aromatic N) is 1. The Bertz CT molecular complexity index is 505. The summed E-state index contributed by atoms with van der Waals surface area (Å²) < 4.78 is 37.2. The molecule has 1 aromatic rings. The second-order valence-electron chi connectivity index (χ2n) is 4.66. The van der Waals surface area contributed by atoms with Crippen molar-refractivity contribution in [2.45, 2.75) is 0 Å². The number of hydrogen-bond donors (Lipinski definition) is 1. The average molecular weight is 300 g/mol. The summed E-state index contributed by atoms with van der Waals surface area (Å²) in [4.78, 5) is 13.4. The second kappa shape index (κ2) is 7.33. The number of nitrogens with one attached hydrogen (secondary N) is 1. The summed E-state index contributed by atoms with van der Waals surface area (Å²) in [7, 11) is 1.12. The van der Waals surface area contributed by atoms with Crippen LogP contribution in [0.1, 0.15) is 10.4 Å². The van der Waals surface area contributed by atoms with E-state index >= 15 is 0 Å². The third-order valence-corrected chi connectivity index (χ3v) is 3.33. The van der Waals surface area contributed by atoms with Crippen LogP contribution in [0.4, 0.5) is 14.5 Å². The van der Waals surface area contributed by atoms with Gasteiger partial charge in [0.25, 0.3) is 0 Å². The van der Waals surface area contributed by atoms with E-state index in [2.05, 4.69) is 15.0 Å². The van der Waals surface area contributed by atoms with Gasteiger partial charge < -0.3 is 14.8 Å². The van der Waals surface area contributed by atoms with E-state index < -0.39 is 23.2 Å². The first kappa shape index (κ1) is 15.7. The van der Waals surface area contributed by atoms with Gasteiger partial charge in [0.15, 0.2) is 11.6 Å². The van der Waals surface area contributed by atoms with Crippen LogP contribution >= 0.6 is 0 Å². The predicted molar refractivity (Wildman–Crippen MR) is 73.4 cm³/mol. The third-order valence-electron chi connectivity index (χ3n) is 3.33. The quantitative estimate of drug-likeness (QED) is 0.835. The molecule has 0 spiro atoms. The van der Waals surface area contributed by atoms with Crippen molar-refractivity contribution in [1.29, 1.82) is 0 Å². The van der Waals surface area contributed by atoms with Gasteiger partial charge in [-0.25, -0.2) is 13.6 Å². The van der Waals surface area contributed by atoms with Gasteiger partial charge in [-0.05, 0) is 12.1 Å². The monoisotopic (exact) mass is 300 g/mol. The van der Waals surface area contributed by atoms with Crippen LogP contribution in [0.3, 0.4) is 0 Å². The average Bonchev–Trinajstić information content (AvgIpc) is 2.52. The second-order valence-corrected chi connectivity index (χ2v) is 4.66. The van der Waals surface area contributed by atoms with Crippen molar-refractivity contribution in [3.05, 3.63) is 29.3 Å². The lowest BCUT2D eigenvalue weighted by molar-refractivity contribution is 0.0398. The molecule has 1 aliphatic rings. The summed E-state index contributed by atoms with van der Waals surface area (Å²) in [5, 5.41) is 2.84. The van der Waals surface area contributed by atoms with Gasteiger partial charge in [-0.2, -0.15) is 0 Å². The van der Waals surface area contributed by atoms with Gasteiger partial charge in [0.05, 0.1) is 31.6 Å². The number of esters is 1. The summed E-state index contributed by atoms with van der Waals surface area (Å²) in [5.74, 6) is -3.16. The molecule has 1 aromatic carbocycles. The minimum atomic E-state index is -1.20. The first-order valence-electron chi connectivity index (χ1n) is 6.73. The van der Waals surface area contributed by atoms with E-state index in [-0.39, 0.29) is 5.69 Å². The van der Waals surface area contributed by atoms with Crippen LogP contribution in [-0.4, -0.2) is 57.4 Å². The number of carbonyl (C=O) groups is 1. The Kier molecular flexibility index (Phi) is 5.46. The van der Waals surface area contributed by atoms with Crippen molar-refractivity contribution in [1.82, 2.24) is 4.90 Å². The van der Waals surface area contributed by atoms with Gasteiger partial charge >= 0.3 is 5.97 Å². The van der Waals surface area contributed by atoms with E-state index in [1.165, 1.54) is 12.1 Å². The summed E-state index contributed by atoms with van der Waals surface area (Å²) in [6.45, 7) is 4.24. The topological polar surface area (TPSA) is 50.8 Å². The number of rotatable bonds is 5. The predicted octanol–water partition coefficient (Wildman–Crippen LogP) is 1.50. The number of benzene rings is 1. The van der Waals surface area contributed by atoms with E-state index in [9.17, 15) is 13.6 Å². The molecule has 5 nitrogen and oxygen atoms in total. The van der Waals surface area contributed by atoms with E-state index in [0.29, 0.717) is 26.3 Å². The molecule has 0 saturated carbocycles. The Morgan fingerprint density at radius 1 is 1.33 bits per heavy atom. The summed E-state index contributed by atoms with van der Waals surface area (Å²) >= 11 is 0. The minimum absolute atomic E-state index is 0.0356. The highest BCUT2D eigenvalue weighted by molar-refractivity contribution is 5.90. The zero-order valence-corrected chi connectivity index (χ0v) is 11.8. The maximum atomic E-state index is 13.8. The largest absolute Gasteiger partial charge is 0.465 e. The molecule has 0 radical (unpaired) electrons. The van der Waals surface area contributed by atoms with Crippen molar-refractivity contribution in [2.75, 3.05) is 51.8 Å². The third kappa shape index (κ3) is 3.89. The standard InChI is InChI=1S/C14H18F2N2O3/c1-20-14(19)10-2-3-11(13(16)12(10)15)17-4-5-18-6-8-21-9-7-18/h2-3,17H,4-9H2,1H3. The first-order valence-corrected chi connectivity index (χ1v) is 6.73. The van der Waals surface area contributed by atoms with Crippen molar-refractivity contribution in [3.8, 4) is 0 Å². The van der Waals surface area contributed by atoms with Crippen molar-refractivity contribution < 1.29 is 23.0 Å². The van der Waals surface area contributed by atoms with Gasteiger partial charge in [-0.15, -0.1) is 0 Å². The molecule has 0 aliphatic carbocycles. The van der Waals surface area contributed by atoms with E-state index in [1.54, 1.807) is 0 Å². The van der Waals surface area contributed by atoms with Gasteiger partial charge in [0, 0.05) is 26.2 Å². The number of anilines is 1. The van der Waals surface area contributed by atoms with Crippen molar-refractivity contribution in [2.24, 2.45) is 0 Å². The molecule has 2 rings (SSSR count). The zero-order valence-electron chi connectivity index (χ0n) is 11.8. The minimum Gasteiger partial charge on any atom is -0.465 e. The Hall–Kier alpha value is -1.73. The molecule has 21 heavy (non-hydrogen) atoms. The number of methoxy groups -OCH3 is 1. The number of hydrogen-bond acceptors (Lipinski definition) is 5. The van der Waals surface area contributed by atoms with Crippen LogP contribution < -0.4 is 5.32 Å². The van der Waals surface area contributed by atoms with E-state index in [4.69, 9.17) is 4.74 Å². The highest BCUT2D eigenvalue weighted by Crippen LogP contribution is 2.21. The van der Waals surface area contributed by atoms with Crippen LogP contribution in [0.25, 0.3) is 0 Å². The molecule has 1 fully saturated rings. The SMILES string of the molecule is COC(=O)c1ccc(NCCN2CCOCC2)c(F)c1F. The van der Waals surface area contributed by atoms with Crippen molar-refractivity contribution in [3.63, 3.8) is 0 Å². The molecule has 0 aromatic heterocycles. The molecule has 0 bridgehead atoms. The molecule has 0 atom stereocenters. The Balaban J connectivity index is 1.94. The molecule has 116 valence electrons. The van der Waals surface area contributed by atoms with Crippen LogP contribution in [0.2, 0.25) is 0 Å². The van der Waals surface area contributed by atoms with Crippen LogP contribution in [-0.2, 0) is 9.47 Å². The molecule has 1 saturated heterocycles. The van der Waals surface area contributed by atoms with Crippen LogP contribution in [0, 0.1) is 11.6 Å². The molecule has 0 amide bonds. The van der Waals surface area contributed by atoms with E-state index in [1.807, 2.05) is 0 Å². The summed E-state index contributed by atoms with van der Waals surface area (Å²) in [6.07, 6.45) is 0. The van der Waals surface area contributed by atoms with Gasteiger partial charge in [0.1, 0.15) is 0 Å². The summed E-state index contributed by atoms with van der Waals surface area (Å²) in [6, 6.07) is 2.55. The molecule has 0 unspecified atom stereocenters. The van der Waals surface area contributed by atoms with Gasteiger partial charge in [-0.3, -0.25) is 4.90 Å². The fourth-order valence-corrected chi connectivity index (χ4v) is 2.13. The highest BCUT2D eigenvalue weighted by atomic mass is 19.2. The lowest BCUT2D eigenvalue weighted by Crippen LogP contribution is -2.39. The van der Waals surface area contributed by atoms with Crippen LogP contribution in [0.15, 0.2) is 12.1 Å². The van der Waals surface area contributed by atoms with Gasteiger partial charge in [0.2, 0.25) is 0 Å². The fraction of sp³-hybridized carbons (Fsp3) is 0.500. The Morgan fingerprint density at radius 2 is 2.05 bits per heavy atom. The van der Waals surface area contributed by atoms with Gasteiger partial charge in [-0.1, -0.05) is 0 Å². The lowest BCUT2D eigenvalue weighted by atomic mass is 10.2. The number of halogens is 2. The molecule has 1 aliphatic heterocycles. The number of morpholine rings is 1. The Morgan fingerprint density at radius 3 is 2.71 bits per heavy atom. The molecule has 7 heteroatoms. The normalized spacial score (nSPS) is 15.8. The zero-order chi connectivity index (χ0) is 15.2. The highest BCUT2D eigenvalue weighted by Gasteiger charge is 2.19. The summed E-state index contributed by atoms with van der Waals surface area (Å²) in [5.41, 5.74) is -0.373. The molecule has 1 N–H and O–H groups in total. The molecular weight excluding hydrogens is 282 g/mol. The molecule has 1 heterocycles. The maximum Gasteiger partial charge on any atom is 0.340 e. The maximum absolute atomic E-state index is 13.8. The number of carbonyl (C=O) groups excluding carboxylic acids is 1. The molecular formula is C14H18F2N2O3.